The molecular formula is C16H13ClN2O. The van der Waals surface area contributed by atoms with E-state index in [9.17, 15) is 4.79 Å². The second kappa shape index (κ2) is 5.77. The molecule has 0 saturated heterocycles. The second-order valence-electron chi connectivity index (χ2n) is 4.45. The van der Waals surface area contributed by atoms with Gasteiger partial charge in [0, 0.05) is 16.8 Å². The van der Waals surface area contributed by atoms with Crippen LogP contribution in [0, 0.1) is 11.3 Å². The highest BCUT2D eigenvalue weighted by atomic mass is 35.5. The topological polar surface area (TPSA) is 45.8 Å². The largest absolute Gasteiger partial charge is 0.328 e. The number of aromatic nitrogens is 1. The summed E-state index contributed by atoms with van der Waals surface area (Å²) in [6.07, 6.45) is 1.76. The van der Waals surface area contributed by atoms with Gasteiger partial charge in [0.15, 0.2) is 5.78 Å². The Morgan fingerprint density at radius 1 is 1.40 bits per heavy atom. The molecule has 0 N–H and O–H groups in total. The molecule has 0 saturated carbocycles. The Labute approximate surface area is 122 Å². The summed E-state index contributed by atoms with van der Waals surface area (Å²) in [5.41, 5.74) is 1.71. The van der Waals surface area contributed by atoms with Crippen LogP contribution >= 0.6 is 11.6 Å². The molecule has 1 heterocycles. The fourth-order valence-electron chi connectivity index (χ4n) is 2.11. The first-order valence-electron chi connectivity index (χ1n) is 6.06. The Kier molecular flexibility index (Phi) is 4.07. The van der Waals surface area contributed by atoms with Crippen molar-refractivity contribution in [1.82, 2.24) is 4.57 Å². The van der Waals surface area contributed by atoms with E-state index in [-0.39, 0.29) is 5.78 Å². The van der Waals surface area contributed by atoms with Crippen LogP contribution in [-0.4, -0.2) is 10.4 Å². The number of carbonyl (C=O) groups excluding carboxylic acids is 1. The summed E-state index contributed by atoms with van der Waals surface area (Å²) >= 11 is 6.02. The molecule has 1 aromatic heterocycles. The smallest absolute Gasteiger partial charge is 0.157 e. The number of ketones is 1. The van der Waals surface area contributed by atoms with Gasteiger partial charge in [-0.05, 0) is 36.8 Å². The first-order valence-corrected chi connectivity index (χ1v) is 6.44. The van der Waals surface area contributed by atoms with Crippen LogP contribution in [0.2, 0.25) is 5.02 Å². The first kappa shape index (κ1) is 14.1. The highest BCUT2D eigenvalue weighted by molar-refractivity contribution is 6.30. The second-order valence-corrected chi connectivity index (χ2v) is 4.89. The van der Waals surface area contributed by atoms with Crippen LogP contribution in [0.1, 0.15) is 24.2 Å². The average Bonchev–Trinajstić information content (AvgIpc) is 2.87. The summed E-state index contributed by atoms with van der Waals surface area (Å²) in [6, 6.07) is 12.4. The van der Waals surface area contributed by atoms with Gasteiger partial charge in [-0.3, -0.25) is 4.79 Å². The predicted octanol–water partition coefficient (Wildman–Crippen LogP) is 3.75. The van der Waals surface area contributed by atoms with Gasteiger partial charge in [-0.2, -0.15) is 5.26 Å². The normalized spacial score (nSPS) is 11.7. The maximum atomic E-state index is 11.7. The molecule has 0 unspecified atom stereocenters. The molecule has 0 radical (unpaired) electrons. The highest BCUT2D eigenvalue weighted by Gasteiger charge is 2.22. The van der Waals surface area contributed by atoms with Crippen molar-refractivity contribution in [2.24, 2.45) is 0 Å². The van der Waals surface area contributed by atoms with Crippen molar-refractivity contribution in [3.63, 3.8) is 0 Å². The van der Waals surface area contributed by atoms with Crippen molar-refractivity contribution >= 4 is 17.4 Å². The van der Waals surface area contributed by atoms with Crippen LogP contribution in [0.3, 0.4) is 0 Å². The first-order chi connectivity index (χ1) is 9.54. The number of nitrogens with zero attached hydrogens (tertiary/aromatic N) is 2. The van der Waals surface area contributed by atoms with Crippen LogP contribution in [0.4, 0.5) is 0 Å². The number of nitriles is 1. The number of Topliss-reactive ketones (excluding diaryl/α,β-unsaturated/α-hetero) is 1. The number of allylic oxidation sites excluding steroid dienone is 1. The SMILES string of the molecule is C=C(C(C)=O)[C@@H](c1cccc(Cl)c1)n1cccc1C#N. The quantitative estimate of drug-likeness (QED) is 0.803. The van der Waals surface area contributed by atoms with E-state index in [1.807, 2.05) is 12.1 Å². The maximum absolute atomic E-state index is 11.7. The molecule has 0 aliphatic heterocycles. The molecule has 1 aromatic carbocycles. The van der Waals surface area contributed by atoms with Gasteiger partial charge in [-0.15, -0.1) is 0 Å². The highest BCUT2D eigenvalue weighted by Crippen LogP contribution is 2.29. The molecule has 20 heavy (non-hydrogen) atoms. The van der Waals surface area contributed by atoms with E-state index < -0.39 is 6.04 Å². The number of halogens is 1. The fraction of sp³-hybridized carbons (Fsp3) is 0.125. The number of hydrogen-bond acceptors (Lipinski definition) is 2. The maximum Gasteiger partial charge on any atom is 0.157 e. The van der Waals surface area contributed by atoms with Gasteiger partial charge in [0.1, 0.15) is 11.8 Å². The number of benzene rings is 1. The lowest BCUT2D eigenvalue weighted by Crippen LogP contribution is -2.17. The van der Waals surface area contributed by atoms with Gasteiger partial charge in [-0.25, -0.2) is 0 Å². The fourth-order valence-corrected chi connectivity index (χ4v) is 2.31. The summed E-state index contributed by atoms with van der Waals surface area (Å²) in [4.78, 5) is 11.7. The van der Waals surface area contributed by atoms with Crippen LogP contribution in [-0.2, 0) is 4.79 Å². The summed E-state index contributed by atoms with van der Waals surface area (Å²) in [7, 11) is 0. The van der Waals surface area contributed by atoms with Crippen molar-refractivity contribution in [3.8, 4) is 6.07 Å². The van der Waals surface area contributed by atoms with Gasteiger partial charge in [0.2, 0.25) is 0 Å². The van der Waals surface area contributed by atoms with Crippen molar-refractivity contribution in [2.75, 3.05) is 0 Å². The lowest BCUT2D eigenvalue weighted by atomic mass is 9.97. The van der Waals surface area contributed by atoms with Gasteiger partial charge >= 0.3 is 0 Å². The van der Waals surface area contributed by atoms with E-state index in [0.717, 1.165) is 5.56 Å². The molecule has 0 amide bonds. The van der Waals surface area contributed by atoms with E-state index >= 15 is 0 Å². The molecule has 0 fully saturated rings. The molecule has 4 heteroatoms. The Balaban J connectivity index is 2.60. The van der Waals surface area contributed by atoms with E-state index in [4.69, 9.17) is 16.9 Å². The third kappa shape index (κ3) is 2.66. The minimum Gasteiger partial charge on any atom is -0.328 e. The Morgan fingerprint density at radius 3 is 2.75 bits per heavy atom. The van der Waals surface area contributed by atoms with E-state index in [1.165, 1.54) is 6.92 Å². The Morgan fingerprint density at radius 2 is 2.15 bits per heavy atom. The molecule has 3 nitrogen and oxygen atoms in total. The number of carbonyl (C=O) groups is 1. The summed E-state index contributed by atoms with van der Waals surface area (Å²) in [5, 5.41) is 9.74. The zero-order valence-corrected chi connectivity index (χ0v) is 11.8. The van der Waals surface area contributed by atoms with E-state index in [0.29, 0.717) is 16.3 Å². The Bertz CT molecular complexity index is 709. The van der Waals surface area contributed by atoms with Crippen LogP contribution in [0.25, 0.3) is 0 Å². The van der Waals surface area contributed by atoms with Gasteiger partial charge in [-0.1, -0.05) is 30.3 Å². The summed E-state index contributed by atoms with van der Waals surface area (Å²) < 4.78 is 1.73. The minimum absolute atomic E-state index is 0.118. The molecular weight excluding hydrogens is 272 g/mol. The van der Waals surface area contributed by atoms with Crippen molar-refractivity contribution in [1.29, 1.82) is 5.26 Å². The van der Waals surface area contributed by atoms with E-state index in [2.05, 4.69) is 12.6 Å². The summed E-state index contributed by atoms with van der Waals surface area (Å²) in [6.45, 7) is 5.34. The molecule has 0 aliphatic carbocycles. The van der Waals surface area contributed by atoms with Crippen molar-refractivity contribution in [3.05, 3.63) is 71.0 Å². The van der Waals surface area contributed by atoms with Gasteiger partial charge < -0.3 is 4.57 Å². The van der Waals surface area contributed by atoms with Crippen LogP contribution in [0.15, 0.2) is 54.7 Å². The lowest BCUT2D eigenvalue weighted by Gasteiger charge is -2.21. The molecule has 2 aromatic rings. The standard InChI is InChI=1S/C16H13ClN2O/c1-11(12(2)20)16(13-5-3-6-14(17)9-13)19-8-4-7-15(19)10-18/h3-9,16H,1H2,2H3/t16-/m0/s1. The Hall–Kier alpha value is -2.31. The lowest BCUT2D eigenvalue weighted by molar-refractivity contribution is -0.113. The molecule has 0 spiro atoms. The summed E-state index contributed by atoms with van der Waals surface area (Å²) in [5.74, 6) is -0.118. The number of hydrogen-bond donors (Lipinski definition) is 0. The van der Waals surface area contributed by atoms with E-state index in [1.54, 1.807) is 35.0 Å². The third-order valence-corrected chi connectivity index (χ3v) is 3.35. The van der Waals surface area contributed by atoms with Crippen LogP contribution < -0.4 is 0 Å². The monoisotopic (exact) mass is 284 g/mol. The molecule has 1 atom stereocenters. The zero-order chi connectivity index (χ0) is 14.7. The van der Waals surface area contributed by atoms with Crippen LogP contribution in [0.5, 0.6) is 0 Å². The zero-order valence-electron chi connectivity index (χ0n) is 11.0. The van der Waals surface area contributed by atoms with Gasteiger partial charge in [0.05, 0.1) is 6.04 Å². The predicted molar refractivity (Wildman–Crippen MR) is 78.6 cm³/mol. The van der Waals surface area contributed by atoms with Crippen molar-refractivity contribution in [2.45, 2.75) is 13.0 Å². The molecule has 100 valence electrons. The number of rotatable bonds is 4. The van der Waals surface area contributed by atoms with Crippen molar-refractivity contribution < 1.29 is 4.79 Å². The molecule has 2 rings (SSSR count). The third-order valence-electron chi connectivity index (χ3n) is 3.12. The minimum atomic E-state index is -0.421. The molecule has 0 bridgehead atoms. The molecule has 0 aliphatic rings. The average molecular weight is 285 g/mol. The van der Waals surface area contributed by atoms with Gasteiger partial charge in [0.25, 0.3) is 0 Å².